The van der Waals surface area contributed by atoms with Crippen LogP contribution in [0.3, 0.4) is 0 Å². The van der Waals surface area contributed by atoms with E-state index in [4.69, 9.17) is 29.9 Å². The van der Waals surface area contributed by atoms with Crippen LogP contribution in [-0.2, 0) is 0 Å². The van der Waals surface area contributed by atoms with Crippen molar-refractivity contribution in [2.45, 2.75) is 0 Å². The summed E-state index contributed by atoms with van der Waals surface area (Å²) in [5.41, 5.74) is -1.48. The molecule has 0 saturated carbocycles. The first kappa shape index (κ1) is 60.2. The molecule has 32 nitrogen and oxygen atoms in total. The minimum Gasteiger partial charge on any atom is -0.279 e. The molecule has 11 aromatic rings. The number of nitrogens with zero attached hydrogens (tertiary/aromatic N) is 16. The zero-order chi connectivity index (χ0) is 67.4. The Hall–Kier alpha value is -14.7. The van der Waals surface area contributed by atoms with E-state index in [-0.39, 0.29) is 170 Å². The fourth-order valence-electron chi connectivity index (χ4n) is 11.1. The van der Waals surface area contributed by atoms with E-state index in [1.807, 2.05) is 0 Å². The van der Waals surface area contributed by atoms with Crippen molar-refractivity contribution in [3.8, 4) is 33.6 Å². The summed E-state index contributed by atoms with van der Waals surface area (Å²) in [4.78, 5) is 125. The van der Waals surface area contributed by atoms with Gasteiger partial charge in [0.05, 0.1) is 39.4 Å². The van der Waals surface area contributed by atoms with E-state index < -0.39 is 39.4 Å². The van der Waals surface area contributed by atoms with E-state index in [1.165, 1.54) is 215 Å². The summed E-state index contributed by atoms with van der Waals surface area (Å²) in [7, 11) is 0. The van der Waals surface area contributed by atoms with Gasteiger partial charge in [-0.05, 0) is 143 Å². The molecule has 8 bridgehead atoms. The molecule has 5 heterocycles. The summed E-state index contributed by atoms with van der Waals surface area (Å²) in [6.45, 7) is 0. The van der Waals surface area contributed by atoms with Crippen molar-refractivity contribution in [2.75, 3.05) is 0 Å². The molecule has 0 N–H and O–H groups in total. The maximum Gasteiger partial charge on any atom is 0.269 e. The van der Waals surface area contributed by atoms with Crippen molar-refractivity contribution in [2.24, 2.45) is 0 Å². The molecule has 32 heteroatoms. The quantitative estimate of drug-likeness (QED) is 0.0640. The van der Waals surface area contributed by atoms with Crippen molar-refractivity contribution in [3.63, 3.8) is 0 Å². The molecule has 2 aliphatic rings. The van der Waals surface area contributed by atoms with Gasteiger partial charge in [0.1, 0.15) is 22.6 Å². The van der Waals surface area contributed by atoms with Crippen LogP contribution in [0.25, 0.3) is 78.5 Å². The Morgan fingerprint density at radius 2 is 0.417 bits per heavy atom. The number of hydrogen-bond donors (Lipinski definition) is 0. The highest BCUT2D eigenvalue weighted by molar-refractivity contribution is 6.08. The lowest BCUT2D eigenvalue weighted by molar-refractivity contribution is -0.385. The molecule has 0 unspecified atom stereocenters. The van der Waals surface area contributed by atoms with E-state index in [0.29, 0.717) is 0 Å². The normalized spacial score (nSPS) is 11.9. The second kappa shape index (κ2) is 23.9. The topological polar surface area (TPSA) is 432 Å². The van der Waals surface area contributed by atoms with Gasteiger partial charge in [0.2, 0.25) is 0 Å². The molecule has 13 rings (SSSR count). The van der Waals surface area contributed by atoms with Gasteiger partial charge in [-0.2, -0.15) is 0 Å². The molecule has 0 saturated heterocycles. The minimum atomic E-state index is -0.657. The first-order chi connectivity index (χ1) is 46.2. The van der Waals surface area contributed by atoms with Gasteiger partial charge in [0, 0.05) is 142 Å². The molecule has 0 aliphatic carbocycles. The van der Waals surface area contributed by atoms with Crippen LogP contribution < -0.4 is 0 Å². The number of aromatic nitrogens is 8. The molecule has 3 aromatic heterocycles. The number of fused-ring (bicyclic) bond motifs is 8. The number of non-ortho nitro benzene ring substituents is 8. The van der Waals surface area contributed by atoms with Crippen molar-refractivity contribution < 1.29 is 39.4 Å². The Balaban J connectivity index is 1.32. The zero-order valence-corrected chi connectivity index (χ0v) is 48.3. The number of benzene rings is 8. The first-order valence-electron chi connectivity index (χ1n) is 28.0. The predicted molar refractivity (Wildman–Crippen MR) is 342 cm³/mol. The van der Waals surface area contributed by atoms with E-state index in [2.05, 4.69) is 0 Å². The van der Waals surface area contributed by atoms with E-state index >= 15 is 0 Å². The second-order valence-electron chi connectivity index (χ2n) is 21.0. The van der Waals surface area contributed by atoms with Crippen LogP contribution in [0.1, 0.15) is 45.6 Å². The molecule has 8 aromatic carbocycles. The number of nitro groups is 8. The molecule has 0 amide bonds. The molecule has 2 aliphatic heterocycles. The average molecular weight is 1280 g/mol. The van der Waals surface area contributed by atoms with Crippen molar-refractivity contribution >= 4 is 90.4 Å². The van der Waals surface area contributed by atoms with Crippen LogP contribution in [0.15, 0.2) is 206 Å². The number of hydrogen-bond acceptors (Lipinski definition) is 22. The highest BCUT2D eigenvalue weighted by atomic mass is 16.7. The van der Waals surface area contributed by atoms with Crippen LogP contribution in [0.5, 0.6) is 0 Å². The molecule has 0 atom stereocenters. The highest BCUT2D eigenvalue weighted by Crippen LogP contribution is 2.47. The molecule has 96 heavy (non-hydrogen) atoms. The summed E-state index contributed by atoms with van der Waals surface area (Å²) >= 11 is 0. The fourth-order valence-corrected chi connectivity index (χ4v) is 11.1. The molecular weight excluding hydrogens is 1250 g/mol. The zero-order valence-electron chi connectivity index (χ0n) is 48.3. The Labute approximate surface area is 533 Å². The van der Waals surface area contributed by atoms with Crippen LogP contribution in [0.4, 0.5) is 45.5 Å². The Bertz CT molecular complexity index is 5150. The number of rotatable bonds is 16. The Kier molecular flexibility index (Phi) is 15.0. The minimum absolute atomic E-state index is 0.00956. The van der Waals surface area contributed by atoms with Crippen molar-refractivity contribution in [3.05, 3.63) is 333 Å². The third kappa shape index (κ3) is 11.0. The fraction of sp³-hybridized carbons (Fsp3) is 0. The van der Waals surface area contributed by atoms with E-state index in [1.54, 1.807) is 0 Å². The largest absolute Gasteiger partial charge is 0.279 e. The van der Waals surface area contributed by atoms with Crippen LogP contribution >= 0.6 is 0 Å². The number of nitro benzene ring substituents is 8. The second-order valence-corrected chi connectivity index (χ2v) is 21.0. The third-order valence-corrected chi connectivity index (χ3v) is 15.5. The predicted octanol–water partition coefficient (Wildman–Crippen LogP) is 13.4. The first-order valence-corrected chi connectivity index (χ1v) is 28.0. The van der Waals surface area contributed by atoms with Gasteiger partial charge in [0.25, 0.3) is 45.5 Å². The molecule has 0 radical (unpaired) electrons. The highest BCUT2D eigenvalue weighted by Gasteiger charge is 2.33. The Morgan fingerprint density at radius 3 is 0.646 bits per heavy atom. The van der Waals surface area contributed by atoms with Gasteiger partial charge in [-0.3, -0.25) is 90.0 Å². The summed E-state index contributed by atoms with van der Waals surface area (Å²) in [6, 6.07) is 44.3. The van der Waals surface area contributed by atoms with Crippen LogP contribution in [0, 0.1) is 80.9 Å². The summed E-state index contributed by atoms with van der Waals surface area (Å²) < 4.78 is 2.88. The van der Waals surface area contributed by atoms with Gasteiger partial charge in [-0.15, -0.1) is 0 Å². The van der Waals surface area contributed by atoms with Gasteiger partial charge < -0.3 is 0 Å². The summed E-state index contributed by atoms with van der Waals surface area (Å²) in [6.07, 6.45) is 0. The summed E-state index contributed by atoms with van der Waals surface area (Å²) in [5.74, 6) is -0.898. The lowest BCUT2D eigenvalue weighted by atomic mass is 9.94. The van der Waals surface area contributed by atoms with Crippen molar-refractivity contribution in [1.29, 1.82) is 0 Å². The van der Waals surface area contributed by atoms with Gasteiger partial charge in [-0.25, -0.2) is 29.9 Å². The van der Waals surface area contributed by atoms with Gasteiger partial charge in [-0.1, -0.05) is 0 Å². The lowest BCUT2D eigenvalue weighted by Crippen LogP contribution is -2.01. The van der Waals surface area contributed by atoms with Crippen molar-refractivity contribution in [1.82, 2.24) is 39.0 Å². The smallest absolute Gasteiger partial charge is 0.269 e. The Morgan fingerprint density at radius 1 is 0.219 bits per heavy atom. The lowest BCUT2D eigenvalue weighted by Gasteiger charge is -2.11. The summed E-state index contributed by atoms with van der Waals surface area (Å²) in [5, 5.41) is 98.4. The molecular formula is C64H34N16O16. The van der Waals surface area contributed by atoms with E-state index in [9.17, 15) is 80.9 Å². The maximum absolute atomic E-state index is 12.4. The SMILES string of the molecule is O=[N+]([O-])c1ccc(C2=C(c3ccc([N+](=O)[O-])cc3)c3nc2nc2ccc(nc4nc(nc5c(-c6ccc([N+](=O)[O-])cc6)c(-c6ccc([N+](=O)[O-])cc6)c(n3)n5-c3ccc([N+](=O)[O-])cc3)C(c3ccc([N+](=O)[O-])cc3)=C4c3ccc([N+](=O)[O-])cc3)n2-c2ccc([N+](=O)[O-])cc2)cc1. The van der Waals surface area contributed by atoms with Gasteiger partial charge in [0.15, 0.2) is 23.3 Å². The molecule has 466 valence electrons. The van der Waals surface area contributed by atoms with Gasteiger partial charge >= 0.3 is 0 Å². The maximum atomic E-state index is 12.4. The standard InChI is InChI=1S/C64H34N16O16/c81-73(82)43-13-1-35(2-14-43)53-55(37-5-17-45(18-6-37)75(85)86)61-67-59(53)65-51-33-34-52(71(51)41-25-29-49(30-26-41)79(93)94)66-60-54(36-3-15-44(16-4-36)74(83)84)56(38-7-19-46(20-8-38)76(87)88)62(68-60)70-64-58(40-11-23-48(24-12-40)78(91)92)57(39-9-21-47(22-10-39)77(89)90)63(69-61)72(64)42-27-31-50(32-28-42)80(95)96/h1-34H. The van der Waals surface area contributed by atoms with E-state index in [0.717, 1.165) is 0 Å². The van der Waals surface area contributed by atoms with Crippen LogP contribution in [0.2, 0.25) is 0 Å². The molecule has 0 fully saturated rings. The monoisotopic (exact) mass is 1280 g/mol. The average Bonchev–Trinajstić information content (AvgIpc) is 1.31. The molecule has 0 spiro atoms. The third-order valence-electron chi connectivity index (χ3n) is 15.5. The van der Waals surface area contributed by atoms with Crippen LogP contribution in [-0.4, -0.2) is 78.4 Å².